The second-order valence-corrected chi connectivity index (χ2v) is 7.63. The second-order valence-electron chi connectivity index (χ2n) is 7.63. The SMILES string of the molecule is C=C=C(Nc1cc(C)c(-c2cncc(C)n2)cc1C)C(C)(C)c1ccnc(N)n1. The first-order valence-electron chi connectivity index (χ1n) is 9.39. The van der Waals surface area contributed by atoms with E-state index in [4.69, 9.17) is 5.73 Å². The normalized spacial score (nSPS) is 11.1. The molecule has 1 aromatic carbocycles. The van der Waals surface area contributed by atoms with Crippen molar-refractivity contribution in [3.63, 3.8) is 0 Å². The Hall–Kier alpha value is -3.50. The molecule has 0 saturated carbocycles. The molecule has 6 heteroatoms. The summed E-state index contributed by atoms with van der Waals surface area (Å²) in [6.45, 7) is 14.1. The molecule has 3 N–H and O–H groups in total. The molecule has 0 saturated heterocycles. The number of hydrogen-bond donors (Lipinski definition) is 2. The van der Waals surface area contributed by atoms with Gasteiger partial charge in [0.1, 0.15) is 0 Å². The number of aryl methyl sites for hydroxylation is 3. The molecule has 0 amide bonds. The highest BCUT2D eigenvalue weighted by Crippen LogP contribution is 2.33. The zero-order valence-electron chi connectivity index (χ0n) is 17.5. The Morgan fingerprint density at radius 1 is 1.10 bits per heavy atom. The number of nitrogens with one attached hydrogen (secondary N) is 1. The van der Waals surface area contributed by atoms with E-state index in [9.17, 15) is 0 Å². The van der Waals surface area contributed by atoms with Crippen molar-refractivity contribution >= 4 is 11.6 Å². The van der Waals surface area contributed by atoms with Crippen LogP contribution in [0, 0.1) is 20.8 Å². The van der Waals surface area contributed by atoms with Gasteiger partial charge in [-0.05, 0) is 63.9 Å². The maximum absolute atomic E-state index is 5.78. The molecule has 148 valence electrons. The summed E-state index contributed by atoms with van der Waals surface area (Å²) in [5, 5.41) is 3.49. The van der Waals surface area contributed by atoms with Crippen LogP contribution in [0.3, 0.4) is 0 Å². The van der Waals surface area contributed by atoms with Gasteiger partial charge in [-0.25, -0.2) is 15.0 Å². The Bertz CT molecular complexity index is 1110. The fraction of sp³-hybridized carbons (Fsp3) is 0.261. The first-order valence-corrected chi connectivity index (χ1v) is 9.39. The smallest absolute Gasteiger partial charge is 0.220 e. The summed E-state index contributed by atoms with van der Waals surface area (Å²) in [6.07, 6.45) is 5.21. The Kier molecular flexibility index (Phi) is 5.48. The van der Waals surface area contributed by atoms with Crippen molar-refractivity contribution in [1.82, 2.24) is 19.9 Å². The number of rotatable bonds is 5. The lowest BCUT2D eigenvalue weighted by Crippen LogP contribution is -2.27. The van der Waals surface area contributed by atoms with Gasteiger partial charge in [-0.2, -0.15) is 0 Å². The van der Waals surface area contributed by atoms with E-state index >= 15 is 0 Å². The predicted octanol–water partition coefficient (Wildman–Crippen LogP) is 4.50. The fourth-order valence-corrected chi connectivity index (χ4v) is 3.23. The van der Waals surface area contributed by atoms with Crippen molar-refractivity contribution in [3.05, 3.63) is 77.3 Å². The van der Waals surface area contributed by atoms with Gasteiger partial charge >= 0.3 is 0 Å². The van der Waals surface area contributed by atoms with Crippen LogP contribution in [0.15, 0.2) is 54.8 Å². The van der Waals surface area contributed by atoms with Gasteiger partial charge in [0.05, 0.1) is 34.4 Å². The molecule has 2 heterocycles. The fourth-order valence-electron chi connectivity index (χ4n) is 3.23. The van der Waals surface area contributed by atoms with E-state index in [1.807, 2.05) is 26.8 Å². The number of nitrogen functional groups attached to an aromatic ring is 1. The second kappa shape index (κ2) is 7.86. The lowest BCUT2D eigenvalue weighted by Gasteiger charge is -2.28. The average Bonchev–Trinajstić information content (AvgIpc) is 2.68. The zero-order valence-corrected chi connectivity index (χ0v) is 17.5. The Labute approximate surface area is 171 Å². The minimum atomic E-state index is -0.472. The number of aromatic nitrogens is 4. The van der Waals surface area contributed by atoms with Crippen LogP contribution in [-0.4, -0.2) is 19.9 Å². The summed E-state index contributed by atoms with van der Waals surface area (Å²) < 4.78 is 0. The monoisotopic (exact) mass is 386 g/mol. The maximum atomic E-state index is 5.78. The third-order valence-corrected chi connectivity index (χ3v) is 4.98. The molecule has 0 radical (unpaired) electrons. The summed E-state index contributed by atoms with van der Waals surface area (Å²) >= 11 is 0. The third kappa shape index (κ3) is 4.18. The molecule has 0 aliphatic heterocycles. The Morgan fingerprint density at radius 3 is 2.52 bits per heavy atom. The molecule has 0 aliphatic rings. The molecular formula is C23H26N6. The molecule has 0 aliphatic carbocycles. The van der Waals surface area contributed by atoms with Gasteiger partial charge in [-0.3, -0.25) is 4.98 Å². The molecule has 3 aromatic rings. The van der Waals surface area contributed by atoms with Crippen LogP contribution in [-0.2, 0) is 5.41 Å². The lowest BCUT2D eigenvalue weighted by molar-refractivity contribution is 0.605. The van der Waals surface area contributed by atoms with Crippen LogP contribution in [0.25, 0.3) is 11.3 Å². The first-order chi connectivity index (χ1) is 13.7. The summed E-state index contributed by atoms with van der Waals surface area (Å²) in [5.41, 5.74) is 15.9. The van der Waals surface area contributed by atoms with Gasteiger partial charge < -0.3 is 11.1 Å². The molecule has 0 bridgehead atoms. The van der Waals surface area contributed by atoms with Crippen LogP contribution < -0.4 is 11.1 Å². The van der Waals surface area contributed by atoms with E-state index in [2.05, 4.69) is 63.5 Å². The quantitative estimate of drug-likeness (QED) is 0.628. The van der Waals surface area contributed by atoms with E-state index < -0.39 is 5.41 Å². The predicted molar refractivity (Wildman–Crippen MR) is 117 cm³/mol. The third-order valence-electron chi connectivity index (χ3n) is 4.98. The molecule has 0 unspecified atom stereocenters. The van der Waals surface area contributed by atoms with Crippen molar-refractivity contribution in [2.45, 2.75) is 40.0 Å². The van der Waals surface area contributed by atoms with Crippen molar-refractivity contribution in [2.24, 2.45) is 0 Å². The van der Waals surface area contributed by atoms with E-state index in [0.29, 0.717) is 0 Å². The highest BCUT2D eigenvalue weighted by atomic mass is 15.0. The summed E-state index contributed by atoms with van der Waals surface area (Å²) in [4.78, 5) is 17.2. The van der Waals surface area contributed by atoms with Crippen molar-refractivity contribution in [2.75, 3.05) is 11.1 Å². The number of nitrogens with zero attached hydrogens (tertiary/aromatic N) is 4. The molecule has 0 atom stereocenters. The van der Waals surface area contributed by atoms with E-state index in [-0.39, 0.29) is 5.95 Å². The number of benzene rings is 1. The van der Waals surface area contributed by atoms with Gasteiger partial charge in [-0.1, -0.05) is 6.58 Å². The average molecular weight is 387 g/mol. The largest absolute Gasteiger partial charge is 0.368 e. The summed E-state index contributed by atoms with van der Waals surface area (Å²) in [6, 6.07) is 6.08. The molecule has 0 spiro atoms. The van der Waals surface area contributed by atoms with Gasteiger partial charge in [0.25, 0.3) is 0 Å². The Balaban J connectivity index is 1.97. The minimum absolute atomic E-state index is 0.245. The lowest BCUT2D eigenvalue weighted by atomic mass is 9.85. The van der Waals surface area contributed by atoms with Gasteiger partial charge in [0, 0.05) is 23.6 Å². The molecule has 3 rings (SSSR count). The van der Waals surface area contributed by atoms with Crippen LogP contribution in [0.2, 0.25) is 0 Å². The number of allylic oxidation sites excluding steroid dienone is 1. The van der Waals surface area contributed by atoms with Crippen LogP contribution in [0.4, 0.5) is 11.6 Å². The molecular weight excluding hydrogens is 360 g/mol. The van der Waals surface area contributed by atoms with E-state index in [0.717, 1.165) is 45.2 Å². The van der Waals surface area contributed by atoms with E-state index in [1.54, 1.807) is 18.6 Å². The highest BCUT2D eigenvalue weighted by molar-refractivity contribution is 5.70. The maximum Gasteiger partial charge on any atom is 0.220 e. The van der Waals surface area contributed by atoms with E-state index in [1.165, 1.54) is 0 Å². The molecule has 0 fully saturated rings. The molecule has 2 aromatic heterocycles. The number of nitrogens with two attached hydrogens (primary N) is 1. The summed E-state index contributed by atoms with van der Waals surface area (Å²) in [7, 11) is 0. The van der Waals surface area contributed by atoms with Crippen LogP contribution in [0.5, 0.6) is 0 Å². The van der Waals surface area contributed by atoms with Crippen LogP contribution in [0.1, 0.15) is 36.4 Å². The molecule has 6 nitrogen and oxygen atoms in total. The van der Waals surface area contributed by atoms with Crippen molar-refractivity contribution in [3.8, 4) is 11.3 Å². The standard InChI is InChI=1S/C23H26N6/c1-7-20(23(5,6)21-8-9-26-22(24)29-21)28-18-11-14(2)17(10-15(18)3)19-13-25-12-16(4)27-19/h8-13,28H,1H2,2-6H3,(H2,24,26,29). The number of hydrogen-bond acceptors (Lipinski definition) is 6. The van der Waals surface area contributed by atoms with Crippen LogP contribution >= 0.6 is 0 Å². The molecule has 29 heavy (non-hydrogen) atoms. The minimum Gasteiger partial charge on any atom is -0.368 e. The van der Waals surface area contributed by atoms with Gasteiger partial charge in [0.2, 0.25) is 5.95 Å². The summed E-state index contributed by atoms with van der Waals surface area (Å²) in [5.74, 6) is 0.245. The topological polar surface area (TPSA) is 89.6 Å². The first kappa shape index (κ1) is 20.2. The van der Waals surface area contributed by atoms with Crippen molar-refractivity contribution in [1.29, 1.82) is 0 Å². The number of anilines is 2. The van der Waals surface area contributed by atoms with Gasteiger partial charge in [0.15, 0.2) is 0 Å². The highest BCUT2D eigenvalue weighted by Gasteiger charge is 2.28. The van der Waals surface area contributed by atoms with Crippen molar-refractivity contribution < 1.29 is 0 Å². The Morgan fingerprint density at radius 2 is 1.86 bits per heavy atom. The zero-order chi connectivity index (χ0) is 21.2. The van der Waals surface area contributed by atoms with Gasteiger partial charge in [-0.15, -0.1) is 5.73 Å².